The number of hydrogen-bond acceptors (Lipinski definition) is 6. The topological polar surface area (TPSA) is 113 Å². The molecule has 31 heavy (non-hydrogen) atoms. The maximum absolute atomic E-state index is 13.3. The second-order valence-corrected chi connectivity index (χ2v) is 7.68. The van der Waals surface area contributed by atoms with Gasteiger partial charge in [-0.05, 0) is 43.5 Å². The minimum absolute atomic E-state index is 0.0146. The fourth-order valence-electron chi connectivity index (χ4n) is 4.11. The first kappa shape index (κ1) is 19.1. The lowest BCUT2D eigenvalue weighted by Gasteiger charge is -2.34. The van der Waals surface area contributed by atoms with Crippen LogP contribution in [0.2, 0.25) is 0 Å². The summed E-state index contributed by atoms with van der Waals surface area (Å²) < 4.78 is 14.9. The van der Waals surface area contributed by atoms with Gasteiger partial charge in [0.2, 0.25) is 0 Å². The average molecular weight is 415 g/mol. The van der Waals surface area contributed by atoms with Gasteiger partial charge in [0.1, 0.15) is 28.9 Å². The van der Waals surface area contributed by atoms with Crippen molar-refractivity contribution in [2.75, 3.05) is 0 Å². The van der Waals surface area contributed by atoms with Crippen molar-refractivity contribution in [3.8, 4) is 6.07 Å². The van der Waals surface area contributed by atoms with Crippen LogP contribution in [0.15, 0.2) is 47.5 Å². The number of halogens is 1. The van der Waals surface area contributed by atoms with Crippen LogP contribution in [0.5, 0.6) is 0 Å². The molecular formula is C22H18FN7O. The number of benzene rings is 1. The van der Waals surface area contributed by atoms with Gasteiger partial charge >= 0.3 is 0 Å². The van der Waals surface area contributed by atoms with Crippen molar-refractivity contribution in [3.63, 3.8) is 0 Å². The van der Waals surface area contributed by atoms with Gasteiger partial charge in [0.25, 0.3) is 5.56 Å². The monoisotopic (exact) mass is 415 g/mol. The second kappa shape index (κ2) is 7.40. The van der Waals surface area contributed by atoms with Crippen molar-refractivity contribution in [1.82, 2.24) is 29.7 Å². The molecule has 0 aliphatic heterocycles. The predicted molar refractivity (Wildman–Crippen MR) is 110 cm³/mol. The molecule has 3 heterocycles. The molecule has 3 aromatic heterocycles. The Morgan fingerprint density at radius 2 is 1.90 bits per heavy atom. The van der Waals surface area contributed by atoms with Crippen molar-refractivity contribution in [1.29, 1.82) is 5.26 Å². The molecule has 0 radical (unpaired) electrons. The van der Waals surface area contributed by atoms with Crippen molar-refractivity contribution >= 4 is 11.0 Å². The number of H-pyrrole nitrogens is 1. The first-order valence-electron chi connectivity index (χ1n) is 10.0. The van der Waals surface area contributed by atoms with Gasteiger partial charge in [-0.3, -0.25) is 4.79 Å². The molecule has 1 aromatic carbocycles. The Bertz CT molecular complexity index is 1360. The molecule has 8 nitrogen and oxygen atoms in total. The van der Waals surface area contributed by atoms with E-state index in [1.165, 1.54) is 12.1 Å². The summed E-state index contributed by atoms with van der Waals surface area (Å²) in [5.74, 6) is 0.984. The van der Waals surface area contributed by atoms with Crippen LogP contribution in [0, 0.1) is 17.1 Å². The molecule has 5 rings (SSSR count). The molecule has 4 aromatic rings. The fourth-order valence-corrected chi connectivity index (χ4v) is 4.11. The molecule has 1 aliphatic carbocycles. The van der Waals surface area contributed by atoms with Gasteiger partial charge in [-0.1, -0.05) is 12.1 Å². The Hall–Kier alpha value is -3.93. The molecule has 3 atom stereocenters. The molecule has 0 amide bonds. The molecule has 1 aliphatic rings. The third-order valence-electron chi connectivity index (χ3n) is 5.95. The Morgan fingerprint density at radius 3 is 2.55 bits per heavy atom. The Kier molecular flexibility index (Phi) is 4.55. The molecule has 0 bridgehead atoms. The van der Waals surface area contributed by atoms with E-state index in [2.05, 4.69) is 20.1 Å². The van der Waals surface area contributed by atoms with Gasteiger partial charge in [0.15, 0.2) is 11.3 Å². The lowest BCUT2D eigenvalue weighted by molar-refractivity contribution is 0.319. The molecule has 0 unspecified atom stereocenters. The van der Waals surface area contributed by atoms with Crippen LogP contribution < -0.4 is 5.56 Å². The van der Waals surface area contributed by atoms with Crippen LogP contribution in [-0.4, -0.2) is 29.7 Å². The number of fused-ring (bicyclic) bond motifs is 1. The lowest BCUT2D eigenvalue weighted by atomic mass is 9.72. The molecule has 1 N–H and O–H groups in total. The standard InChI is InChI=1S/C22H18FN7O/c1-12(13-3-5-14(23)6-4-13)30-21-18(17(11-24)29-30)22(31)28-20(27-21)16-8-7-15(16)19-25-9-2-10-26-19/h2-6,9-10,12,15-16H,7-8H2,1H3,(H,27,28,31)/t12-,15+,16+/m0/s1. The van der Waals surface area contributed by atoms with Gasteiger partial charge in [-0.15, -0.1) is 0 Å². The maximum atomic E-state index is 13.3. The normalized spacial score (nSPS) is 19.0. The first-order chi connectivity index (χ1) is 15.1. The number of rotatable bonds is 4. The minimum Gasteiger partial charge on any atom is -0.310 e. The van der Waals surface area contributed by atoms with Crippen LogP contribution in [0.3, 0.4) is 0 Å². The van der Waals surface area contributed by atoms with Crippen molar-refractivity contribution < 1.29 is 4.39 Å². The van der Waals surface area contributed by atoms with E-state index < -0.39 is 5.56 Å². The largest absolute Gasteiger partial charge is 0.310 e. The summed E-state index contributed by atoms with van der Waals surface area (Å²) in [5, 5.41) is 14.0. The molecule has 9 heteroatoms. The highest BCUT2D eigenvalue weighted by Crippen LogP contribution is 2.46. The molecule has 154 valence electrons. The van der Waals surface area contributed by atoms with Crippen molar-refractivity contribution in [2.24, 2.45) is 0 Å². The van der Waals surface area contributed by atoms with Gasteiger partial charge in [0.05, 0.1) is 6.04 Å². The summed E-state index contributed by atoms with van der Waals surface area (Å²) in [6, 6.07) is 9.45. The minimum atomic E-state index is -0.395. The van der Waals surface area contributed by atoms with E-state index in [1.807, 2.05) is 13.0 Å². The SMILES string of the molecule is C[C@@H](c1ccc(F)cc1)n1nc(C#N)c2c(=O)[nH]c([C@@H]3CC[C@H]3c3ncccn3)nc21. The first-order valence-corrected chi connectivity index (χ1v) is 10.0. The second-order valence-electron chi connectivity index (χ2n) is 7.68. The summed E-state index contributed by atoms with van der Waals surface area (Å²) in [5.41, 5.74) is 0.749. The highest BCUT2D eigenvalue weighted by molar-refractivity contribution is 5.80. The van der Waals surface area contributed by atoms with E-state index in [4.69, 9.17) is 4.98 Å². The van der Waals surface area contributed by atoms with Gasteiger partial charge in [-0.2, -0.15) is 10.4 Å². The van der Waals surface area contributed by atoms with Crippen LogP contribution >= 0.6 is 0 Å². The van der Waals surface area contributed by atoms with Crippen molar-refractivity contribution in [3.05, 3.63) is 81.8 Å². The van der Waals surface area contributed by atoms with E-state index in [0.717, 1.165) is 24.2 Å². The van der Waals surface area contributed by atoms with E-state index in [9.17, 15) is 14.4 Å². The highest BCUT2D eigenvalue weighted by Gasteiger charge is 2.37. The summed E-state index contributed by atoms with van der Waals surface area (Å²) in [4.78, 5) is 29.2. The van der Waals surface area contributed by atoms with Crippen LogP contribution in [0.1, 0.15) is 60.5 Å². The Labute approximate surface area is 176 Å². The molecule has 0 spiro atoms. The highest BCUT2D eigenvalue weighted by atomic mass is 19.1. The van der Waals surface area contributed by atoms with E-state index in [-0.39, 0.29) is 34.8 Å². The number of aromatic nitrogens is 6. The number of nitrogens with one attached hydrogen (secondary N) is 1. The fraction of sp³-hybridized carbons (Fsp3) is 0.273. The van der Waals surface area contributed by atoms with Crippen LogP contribution in [0.25, 0.3) is 11.0 Å². The Balaban J connectivity index is 1.61. The predicted octanol–water partition coefficient (Wildman–Crippen LogP) is 3.19. The number of hydrogen-bond donors (Lipinski definition) is 1. The molecule has 0 saturated heterocycles. The Morgan fingerprint density at radius 1 is 1.19 bits per heavy atom. The third-order valence-corrected chi connectivity index (χ3v) is 5.95. The summed E-state index contributed by atoms with van der Waals surface area (Å²) in [7, 11) is 0. The van der Waals surface area contributed by atoms with Crippen LogP contribution in [0.4, 0.5) is 4.39 Å². The molecule has 1 fully saturated rings. The number of aromatic amines is 1. The summed E-state index contributed by atoms with van der Waals surface area (Å²) in [6.07, 6.45) is 5.17. The van der Waals surface area contributed by atoms with E-state index >= 15 is 0 Å². The van der Waals surface area contributed by atoms with Gasteiger partial charge in [0, 0.05) is 24.2 Å². The zero-order valence-electron chi connectivity index (χ0n) is 16.7. The van der Waals surface area contributed by atoms with Gasteiger partial charge in [-0.25, -0.2) is 24.0 Å². The average Bonchev–Trinajstić information content (AvgIpc) is 3.13. The van der Waals surface area contributed by atoms with E-state index in [0.29, 0.717) is 11.5 Å². The zero-order valence-corrected chi connectivity index (χ0v) is 16.7. The number of nitriles is 1. The third kappa shape index (κ3) is 3.17. The lowest BCUT2D eigenvalue weighted by Crippen LogP contribution is -2.28. The molecular weight excluding hydrogens is 397 g/mol. The van der Waals surface area contributed by atoms with Crippen molar-refractivity contribution in [2.45, 2.75) is 37.6 Å². The quantitative estimate of drug-likeness (QED) is 0.548. The smallest absolute Gasteiger partial charge is 0.263 e. The maximum Gasteiger partial charge on any atom is 0.263 e. The molecule has 1 saturated carbocycles. The van der Waals surface area contributed by atoms with E-state index in [1.54, 1.807) is 35.3 Å². The zero-order chi connectivity index (χ0) is 21.5. The van der Waals surface area contributed by atoms with Gasteiger partial charge < -0.3 is 4.98 Å². The summed E-state index contributed by atoms with van der Waals surface area (Å²) in [6.45, 7) is 1.87. The number of nitrogens with zero attached hydrogens (tertiary/aromatic N) is 6. The van der Waals surface area contributed by atoms with Crippen LogP contribution in [-0.2, 0) is 0 Å². The summed E-state index contributed by atoms with van der Waals surface area (Å²) >= 11 is 0.